The van der Waals surface area contributed by atoms with Crippen LogP contribution in [0.4, 0.5) is 0 Å². The number of benzene rings is 3. The molecule has 178 valence electrons. The largest absolute Gasteiger partial charge is 0.295 e. The zero-order valence-electron chi connectivity index (χ0n) is 20.7. The summed E-state index contributed by atoms with van der Waals surface area (Å²) in [4.78, 5) is 17.2. The topological polar surface area (TPSA) is 83.1 Å². The Kier molecular flexibility index (Phi) is 5.04. The lowest BCUT2D eigenvalue weighted by atomic mass is 9.79. The summed E-state index contributed by atoms with van der Waals surface area (Å²) in [6.07, 6.45) is 2.64. The van der Waals surface area contributed by atoms with Crippen molar-refractivity contribution in [3.8, 4) is 22.9 Å². The van der Waals surface area contributed by atoms with Gasteiger partial charge in [0.25, 0.3) is 0 Å². The van der Waals surface area contributed by atoms with Gasteiger partial charge in [0, 0.05) is 34.4 Å². The summed E-state index contributed by atoms with van der Waals surface area (Å²) in [5, 5.41) is 14.3. The van der Waals surface area contributed by atoms with E-state index in [1.807, 2.05) is 36.4 Å². The molecule has 1 saturated carbocycles. The van der Waals surface area contributed by atoms with Crippen molar-refractivity contribution in [1.82, 2.24) is 15.0 Å². The number of rotatable bonds is 4. The Labute approximate surface area is 210 Å². The maximum Gasteiger partial charge on any atom is 0.241 e. The Hall–Kier alpha value is -4.24. The Balaban J connectivity index is 1.63. The molecule has 36 heavy (non-hydrogen) atoms. The number of imidazole rings is 1. The van der Waals surface area contributed by atoms with E-state index < -0.39 is 0 Å². The number of carbonyl (C=O) groups excluding carboxylic acids is 1. The van der Waals surface area contributed by atoms with Crippen molar-refractivity contribution in [2.24, 2.45) is 10.5 Å². The number of hydrazone groups is 1. The second kappa shape index (κ2) is 8.17. The molecule has 0 radical (unpaired) electrons. The SMILES string of the molecule is Cc1cc(C2=NNC(=O)CC2(C)C)cc2c1nc(C1CC1)n2-c1ccccc1-c1ccccc1C#N. The highest BCUT2D eigenvalue weighted by molar-refractivity contribution is 6.09. The monoisotopic (exact) mass is 473 g/mol. The number of carbonyl (C=O) groups is 1. The van der Waals surface area contributed by atoms with Gasteiger partial charge in [0.05, 0.1) is 34.1 Å². The van der Waals surface area contributed by atoms with Crippen LogP contribution in [0, 0.1) is 23.7 Å². The lowest BCUT2D eigenvalue weighted by Gasteiger charge is -2.29. The molecule has 6 heteroatoms. The smallest absolute Gasteiger partial charge is 0.241 e. The third-order valence-corrected chi connectivity index (χ3v) is 7.21. The number of nitrogens with zero attached hydrogens (tertiary/aromatic N) is 4. The van der Waals surface area contributed by atoms with E-state index in [0.29, 0.717) is 17.9 Å². The molecule has 6 rings (SSSR count). The average molecular weight is 474 g/mol. The molecule has 0 unspecified atom stereocenters. The van der Waals surface area contributed by atoms with Crippen LogP contribution in [0.2, 0.25) is 0 Å². The second-order valence-electron chi connectivity index (χ2n) is 10.5. The first-order valence-corrected chi connectivity index (χ1v) is 12.4. The van der Waals surface area contributed by atoms with Crippen molar-refractivity contribution >= 4 is 22.7 Å². The van der Waals surface area contributed by atoms with Gasteiger partial charge in [0.15, 0.2) is 0 Å². The molecule has 0 bridgehead atoms. The maximum absolute atomic E-state index is 12.0. The predicted octanol–water partition coefficient (Wildman–Crippen LogP) is 6.00. The molecule has 1 amide bonds. The number of fused-ring (bicyclic) bond motifs is 1. The molecule has 4 aromatic rings. The molecular weight excluding hydrogens is 446 g/mol. The Morgan fingerprint density at radius 1 is 1.06 bits per heavy atom. The van der Waals surface area contributed by atoms with E-state index in [-0.39, 0.29) is 11.3 Å². The first kappa shape index (κ1) is 22.2. The zero-order valence-corrected chi connectivity index (χ0v) is 20.7. The van der Waals surface area contributed by atoms with Gasteiger partial charge in [0.1, 0.15) is 5.82 Å². The molecule has 2 heterocycles. The molecule has 0 saturated heterocycles. The number of para-hydroxylation sites is 1. The van der Waals surface area contributed by atoms with Crippen molar-refractivity contribution in [3.05, 3.63) is 83.2 Å². The number of amides is 1. The van der Waals surface area contributed by atoms with Crippen molar-refractivity contribution in [2.75, 3.05) is 0 Å². The number of hydrogen-bond donors (Lipinski definition) is 1. The summed E-state index contributed by atoms with van der Waals surface area (Å²) < 4.78 is 2.28. The quantitative estimate of drug-likeness (QED) is 0.395. The van der Waals surface area contributed by atoms with Gasteiger partial charge in [0.2, 0.25) is 5.91 Å². The minimum atomic E-state index is -0.379. The molecule has 1 aliphatic heterocycles. The van der Waals surface area contributed by atoms with Crippen LogP contribution in [-0.4, -0.2) is 21.2 Å². The van der Waals surface area contributed by atoms with Crippen LogP contribution in [0.15, 0.2) is 65.8 Å². The molecule has 1 fully saturated rings. The fourth-order valence-corrected chi connectivity index (χ4v) is 5.33. The highest BCUT2D eigenvalue weighted by Gasteiger charge is 2.35. The minimum absolute atomic E-state index is 0.0623. The fourth-order valence-electron chi connectivity index (χ4n) is 5.33. The Bertz CT molecular complexity index is 1610. The second-order valence-corrected chi connectivity index (χ2v) is 10.5. The zero-order chi connectivity index (χ0) is 25.0. The Morgan fingerprint density at radius 3 is 2.50 bits per heavy atom. The molecule has 3 aromatic carbocycles. The summed E-state index contributed by atoms with van der Waals surface area (Å²) in [5.74, 6) is 1.42. The number of aromatic nitrogens is 2. The average Bonchev–Trinajstić information content (AvgIpc) is 3.63. The highest BCUT2D eigenvalue weighted by Crippen LogP contribution is 2.44. The van der Waals surface area contributed by atoms with Gasteiger partial charge < -0.3 is 0 Å². The standard InChI is InChI=1S/C30H27N5O/c1-18-14-21(28-30(2,3)16-26(36)33-34-28)15-25-27(18)32-29(19-12-13-19)35(25)24-11-7-6-10-23(24)22-9-5-4-8-20(22)17-31/h4-11,14-15,19H,12-13,16H2,1-3H3,(H,33,36). The van der Waals surface area contributed by atoms with Gasteiger partial charge in [-0.05, 0) is 49.6 Å². The van der Waals surface area contributed by atoms with Gasteiger partial charge >= 0.3 is 0 Å². The molecule has 2 aliphatic rings. The van der Waals surface area contributed by atoms with Gasteiger partial charge in [-0.1, -0.05) is 50.2 Å². The van der Waals surface area contributed by atoms with Gasteiger partial charge in [-0.3, -0.25) is 9.36 Å². The van der Waals surface area contributed by atoms with Crippen molar-refractivity contribution < 1.29 is 4.79 Å². The van der Waals surface area contributed by atoms with Gasteiger partial charge in [-0.2, -0.15) is 10.4 Å². The van der Waals surface area contributed by atoms with Crippen molar-refractivity contribution in [3.63, 3.8) is 0 Å². The summed E-state index contributed by atoms with van der Waals surface area (Å²) in [5.41, 5.74) is 10.8. The van der Waals surface area contributed by atoms with Crippen molar-refractivity contribution in [2.45, 2.75) is 46.0 Å². The van der Waals surface area contributed by atoms with E-state index >= 15 is 0 Å². The molecular formula is C30H27N5O. The van der Waals surface area contributed by atoms with E-state index in [1.54, 1.807) is 0 Å². The van der Waals surface area contributed by atoms with Gasteiger partial charge in [-0.25, -0.2) is 10.4 Å². The number of hydrogen-bond acceptors (Lipinski definition) is 4. The van der Waals surface area contributed by atoms with Crippen molar-refractivity contribution in [1.29, 1.82) is 5.26 Å². The molecule has 0 atom stereocenters. The first-order valence-electron chi connectivity index (χ1n) is 12.4. The minimum Gasteiger partial charge on any atom is -0.295 e. The number of nitriles is 1. The van der Waals surface area contributed by atoms with Crippen LogP contribution >= 0.6 is 0 Å². The lowest BCUT2D eigenvalue weighted by Crippen LogP contribution is -2.39. The van der Waals surface area contributed by atoms with E-state index in [1.165, 1.54) is 0 Å². The maximum atomic E-state index is 12.0. The highest BCUT2D eigenvalue weighted by atomic mass is 16.2. The molecule has 1 N–H and O–H groups in total. The van der Waals surface area contributed by atoms with Crippen LogP contribution in [0.5, 0.6) is 0 Å². The summed E-state index contributed by atoms with van der Waals surface area (Å²) in [6, 6.07) is 22.6. The Morgan fingerprint density at radius 2 is 1.78 bits per heavy atom. The third kappa shape index (κ3) is 3.59. The van der Waals surface area contributed by atoms with Gasteiger partial charge in [-0.15, -0.1) is 0 Å². The van der Waals surface area contributed by atoms with Crippen LogP contribution in [0.25, 0.3) is 27.8 Å². The predicted molar refractivity (Wildman–Crippen MR) is 141 cm³/mol. The summed E-state index contributed by atoms with van der Waals surface area (Å²) in [6.45, 7) is 6.21. The summed E-state index contributed by atoms with van der Waals surface area (Å²) >= 11 is 0. The van der Waals surface area contributed by atoms with E-state index in [4.69, 9.17) is 4.98 Å². The molecule has 6 nitrogen and oxygen atoms in total. The molecule has 0 spiro atoms. The molecule has 1 aliphatic carbocycles. The number of aryl methyl sites for hydroxylation is 1. The number of nitrogens with one attached hydrogen (secondary N) is 1. The van der Waals surface area contributed by atoms with Crippen LogP contribution in [-0.2, 0) is 4.79 Å². The summed E-state index contributed by atoms with van der Waals surface area (Å²) in [7, 11) is 0. The molecule has 1 aromatic heterocycles. The normalized spacial score (nSPS) is 16.9. The van der Waals surface area contributed by atoms with Crippen LogP contribution < -0.4 is 5.43 Å². The first-order chi connectivity index (χ1) is 17.4. The van der Waals surface area contributed by atoms with Crippen LogP contribution in [0.1, 0.15) is 61.5 Å². The van der Waals surface area contributed by atoms with Crippen LogP contribution in [0.3, 0.4) is 0 Å². The van der Waals surface area contributed by atoms with E-state index in [0.717, 1.165) is 63.4 Å². The lowest BCUT2D eigenvalue weighted by molar-refractivity contribution is -0.122. The van der Waals surface area contributed by atoms with E-state index in [9.17, 15) is 10.1 Å². The fraction of sp³-hybridized carbons (Fsp3) is 0.267. The third-order valence-electron chi connectivity index (χ3n) is 7.21. The van der Waals surface area contributed by atoms with E-state index in [2.05, 4.69) is 66.2 Å².